The molecule has 136 valence electrons. The molecule has 4 rings (SSSR count). The van der Waals surface area contributed by atoms with Gasteiger partial charge in [0.25, 0.3) is 0 Å². The summed E-state index contributed by atoms with van der Waals surface area (Å²) in [5, 5.41) is 14.4. The third kappa shape index (κ3) is 3.10. The van der Waals surface area contributed by atoms with Gasteiger partial charge in [0.2, 0.25) is 0 Å². The Morgan fingerprint density at radius 1 is 1.07 bits per heavy atom. The molecular weight excluding hydrogens is 330 g/mol. The Morgan fingerprint density at radius 3 is 2.70 bits per heavy atom. The van der Waals surface area contributed by atoms with Gasteiger partial charge in [-0.05, 0) is 52.4 Å². The van der Waals surface area contributed by atoms with Gasteiger partial charge >= 0.3 is 0 Å². The number of nitrogens with one attached hydrogen (secondary N) is 2. The topological polar surface area (TPSA) is 39.1 Å². The summed E-state index contributed by atoms with van der Waals surface area (Å²) in [5.41, 5.74) is 5.71. The quantitative estimate of drug-likeness (QED) is 0.332. The van der Waals surface area contributed by atoms with Crippen LogP contribution in [0.4, 0.5) is 11.4 Å². The Labute approximate surface area is 160 Å². The highest BCUT2D eigenvalue weighted by molar-refractivity contribution is 6.12. The summed E-state index contributed by atoms with van der Waals surface area (Å²) < 4.78 is 0. The van der Waals surface area contributed by atoms with E-state index in [1.165, 1.54) is 21.9 Å². The zero-order valence-electron chi connectivity index (χ0n) is 16.1. The lowest BCUT2D eigenvalue weighted by molar-refractivity contribution is 0.733. The molecule has 0 heterocycles. The SMILES string of the molecule is CCC(C)c1cccc(N(C)C(=N)Nc2ccc3cccc4c3c2C=C4)c1. The summed E-state index contributed by atoms with van der Waals surface area (Å²) in [6, 6.07) is 19.0. The molecular formula is C24H25N3. The Bertz CT molecular complexity index is 1050. The fourth-order valence-electron chi connectivity index (χ4n) is 3.65. The minimum Gasteiger partial charge on any atom is -0.326 e. The first-order valence-corrected chi connectivity index (χ1v) is 9.51. The van der Waals surface area contributed by atoms with Crippen LogP contribution >= 0.6 is 0 Å². The molecule has 0 aromatic heterocycles. The van der Waals surface area contributed by atoms with Crippen molar-refractivity contribution >= 4 is 40.3 Å². The van der Waals surface area contributed by atoms with Crippen LogP contribution in [0.1, 0.15) is 42.9 Å². The summed E-state index contributed by atoms with van der Waals surface area (Å²) in [4.78, 5) is 1.90. The second kappa shape index (κ2) is 6.92. The largest absolute Gasteiger partial charge is 0.326 e. The van der Waals surface area contributed by atoms with E-state index in [4.69, 9.17) is 5.41 Å². The summed E-state index contributed by atoms with van der Waals surface area (Å²) in [6.07, 6.45) is 5.39. The highest BCUT2D eigenvalue weighted by atomic mass is 15.3. The maximum absolute atomic E-state index is 8.58. The van der Waals surface area contributed by atoms with E-state index in [-0.39, 0.29) is 0 Å². The molecule has 1 unspecified atom stereocenters. The minimum absolute atomic E-state index is 0.365. The summed E-state index contributed by atoms with van der Waals surface area (Å²) in [6.45, 7) is 4.44. The van der Waals surface area contributed by atoms with Gasteiger partial charge in [0.15, 0.2) is 5.96 Å². The molecule has 0 saturated heterocycles. The highest BCUT2D eigenvalue weighted by Gasteiger charge is 2.15. The number of hydrogen-bond donors (Lipinski definition) is 2. The first-order valence-electron chi connectivity index (χ1n) is 9.51. The zero-order valence-corrected chi connectivity index (χ0v) is 16.1. The fourth-order valence-corrected chi connectivity index (χ4v) is 3.65. The molecule has 3 heteroatoms. The molecule has 1 aliphatic rings. The average Bonchev–Trinajstić information content (AvgIpc) is 3.15. The second-order valence-corrected chi connectivity index (χ2v) is 7.24. The minimum atomic E-state index is 0.365. The molecule has 2 N–H and O–H groups in total. The Kier molecular flexibility index (Phi) is 4.44. The lowest BCUT2D eigenvalue weighted by Gasteiger charge is -2.23. The van der Waals surface area contributed by atoms with Crippen molar-refractivity contribution in [1.82, 2.24) is 0 Å². The normalized spacial score (nSPS) is 13.0. The second-order valence-electron chi connectivity index (χ2n) is 7.24. The lowest BCUT2D eigenvalue weighted by atomic mass is 9.98. The van der Waals surface area contributed by atoms with Gasteiger partial charge in [0.05, 0.1) is 0 Å². The third-order valence-corrected chi connectivity index (χ3v) is 5.57. The van der Waals surface area contributed by atoms with Crippen LogP contribution in [0.5, 0.6) is 0 Å². The van der Waals surface area contributed by atoms with Crippen LogP contribution in [0.3, 0.4) is 0 Å². The Hall–Kier alpha value is -3.07. The molecule has 0 bridgehead atoms. The zero-order chi connectivity index (χ0) is 19.0. The summed E-state index contributed by atoms with van der Waals surface area (Å²) in [7, 11) is 1.94. The predicted octanol–water partition coefficient (Wildman–Crippen LogP) is 6.32. The van der Waals surface area contributed by atoms with E-state index < -0.39 is 0 Å². The van der Waals surface area contributed by atoms with Crippen molar-refractivity contribution < 1.29 is 0 Å². The van der Waals surface area contributed by atoms with Crippen LogP contribution in [0.2, 0.25) is 0 Å². The van der Waals surface area contributed by atoms with E-state index in [0.29, 0.717) is 11.9 Å². The van der Waals surface area contributed by atoms with Crippen molar-refractivity contribution in [2.45, 2.75) is 26.2 Å². The maximum atomic E-state index is 8.58. The van der Waals surface area contributed by atoms with Gasteiger partial charge in [0.1, 0.15) is 0 Å². The summed E-state index contributed by atoms with van der Waals surface area (Å²) >= 11 is 0. The smallest absolute Gasteiger partial charge is 0.199 e. The number of rotatable bonds is 4. The molecule has 27 heavy (non-hydrogen) atoms. The predicted molar refractivity (Wildman–Crippen MR) is 118 cm³/mol. The number of benzene rings is 3. The highest BCUT2D eigenvalue weighted by Crippen LogP contribution is 2.36. The number of anilines is 2. The van der Waals surface area contributed by atoms with Gasteiger partial charge in [-0.2, -0.15) is 0 Å². The molecule has 0 fully saturated rings. The molecule has 0 radical (unpaired) electrons. The van der Waals surface area contributed by atoms with Gasteiger partial charge in [0, 0.05) is 24.0 Å². The fraction of sp³-hybridized carbons (Fsp3) is 0.208. The number of hydrogen-bond acceptors (Lipinski definition) is 1. The van der Waals surface area contributed by atoms with Crippen LogP contribution in [-0.4, -0.2) is 13.0 Å². The van der Waals surface area contributed by atoms with E-state index in [1.54, 1.807) is 0 Å². The first kappa shape index (κ1) is 17.3. The van der Waals surface area contributed by atoms with Gasteiger partial charge in [-0.15, -0.1) is 0 Å². The van der Waals surface area contributed by atoms with Crippen LogP contribution < -0.4 is 10.2 Å². The molecule has 0 saturated carbocycles. The van der Waals surface area contributed by atoms with E-state index in [2.05, 4.69) is 85.9 Å². The molecule has 0 aliphatic heterocycles. The van der Waals surface area contributed by atoms with Crippen LogP contribution in [-0.2, 0) is 0 Å². The molecule has 1 atom stereocenters. The van der Waals surface area contributed by atoms with E-state index in [0.717, 1.165) is 23.4 Å². The van der Waals surface area contributed by atoms with Crippen LogP contribution in [0.25, 0.3) is 22.9 Å². The van der Waals surface area contributed by atoms with Gasteiger partial charge in [-0.3, -0.25) is 5.41 Å². The van der Waals surface area contributed by atoms with Crippen molar-refractivity contribution in [1.29, 1.82) is 5.41 Å². The maximum Gasteiger partial charge on any atom is 0.199 e. The monoisotopic (exact) mass is 355 g/mol. The van der Waals surface area contributed by atoms with Crippen molar-refractivity contribution in [2.24, 2.45) is 0 Å². The van der Waals surface area contributed by atoms with Gasteiger partial charge in [-0.1, -0.05) is 62.4 Å². The van der Waals surface area contributed by atoms with Crippen LogP contribution in [0, 0.1) is 5.41 Å². The lowest BCUT2D eigenvalue weighted by Crippen LogP contribution is -2.32. The molecule has 1 aliphatic carbocycles. The molecule has 3 aromatic rings. The van der Waals surface area contributed by atoms with Gasteiger partial charge < -0.3 is 10.2 Å². The number of guanidine groups is 1. The first-order chi connectivity index (χ1) is 13.1. The van der Waals surface area contributed by atoms with E-state index >= 15 is 0 Å². The van der Waals surface area contributed by atoms with E-state index in [9.17, 15) is 0 Å². The molecule has 0 amide bonds. The average molecular weight is 355 g/mol. The standard InChI is InChI=1S/C24H25N3/c1-4-16(2)19-9-6-10-20(15-19)27(3)24(25)26-22-14-12-18-8-5-7-17-11-13-21(22)23(17)18/h5-16H,4H2,1-3H3,(H2,25,26). The van der Waals surface area contributed by atoms with E-state index in [1.807, 2.05) is 11.9 Å². The Morgan fingerprint density at radius 2 is 1.89 bits per heavy atom. The van der Waals surface area contributed by atoms with Crippen molar-refractivity contribution in [3.8, 4) is 0 Å². The van der Waals surface area contributed by atoms with Crippen molar-refractivity contribution in [3.63, 3.8) is 0 Å². The van der Waals surface area contributed by atoms with Gasteiger partial charge in [-0.25, -0.2) is 0 Å². The summed E-state index contributed by atoms with van der Waals surface area (Å²) in [5.74, 6) is 0.884. The molecule has 3 nitrogen and oxygen atoms in total. The number of nitrogens with zero attached hydrogens (tertiary/aromatic N) is 1. The van der Waals surface area contributed by atoms with Crippen molar-refractivity contribution in [3.05, 3.63) is 71.3 Å². The third-order valence-electron chi connectivity index (χ3n) is 5.57. The van der Waals surface area contributed by atoms with Crippen LogP contribution in [0.15, 0.2) is 54.6 Å². The molecule has 3 aromatic carbocycles. The molecule has 0 spiro atoms. The Balaban J connectivity index is 1.60. The van der Waals surface area contributed by atoms with Crippen molar-refractivity contribution in [2.75, 3.05) is 17.3 Å².